The number of hydrogen-bond acceptors (Lipinski definition) is 4. The number of carboxylic acid groups (broad SMARTS) is 1. The van der Waals surface area contributed by atoms with Gasteiger partial charge in [0.25, 0.3) is 0 Å². The molecule has 0 atom stereocenters. The first-order chi connectivity index (χ1) is 12.8. The zero-order valence-corrected chi connectivity index (χ0v) is 15.8. The highest BCUT2D eigenvalue weighted by molar-refractivity contribution is 5.96. The standard InChI is InChI=1S/C21H25NO5/c1-21(2,14-27-13-15-7-5-4-6-8-15)20(25)22-18-10-16(12-26-3)9-17(11-18)19(23)24/h4-11H,12-14H2,1-3H3,(H,22,25)(H,23,24). The summed E-state index contributed by atoms with van der Waals surface area (Å²) in [4.78, 5) is 24.0. The lowest BCUT2D eigenvalue weighted by Gasteiger charge is -2.24. The number of carboxylic acids is 1. The summed E-state index contributed by atoms with van der Waals surface area (Å²) in [5.41, 5.74) is 1.44. The van der Waals surface area contributed by atoms with Crippen LogP contribution in [0.5, 0.6) is 0 Å². The SMILES string of the molecule is COCc1cc(NC(=O)C(C)(C)COCc2ccccc2)cc(C(=O)O)c1. The van der Waals surface area contributed by atoms with Gasteiger partial charge in [-0.25, -0.2) is 4.79 Å². The lowest BCUT2D eigenvalue weighted by Crippen LogP contribution is -2.35. The normalized spacial score (nSPS) is 11.2. The Morgan fingerprint density at radius 3 is 2.37 bits per heavy atom. The third-order valence-corrected chi connectivity index (χ3v) is 4.00. The van der Waals surface area contributed by atoms with Crippen LogP contribution in [0.1, 0.15) is 35.3 Å². The van der Waals surface area contributed by atoms with Crippen molar-refractivity contribution in [3.8, 4) is 0 Å². The van der Waals surface area contributed by atoms with E-state index >= 15 is 0 Å². The van der Waals surface area contributed by atoms with Gasteiger partial charge in [0.1, 0.15) is 0 Å². The molecule has 0 aromatic heterocycles. The second-order valence-corrected chi connectivity index (χ2v) is 6.97. The van der Waals surface area contributed by atoms with Crippen molar-refractivity contribution in [3.05, 3.63) is 65.2 Å². The van der Waals surface area contributed by atoms with Crippen molar-refractivity contribution in [1.29, 1.82) is 0 Å². The van der Waals surface area contributed by atoms with Gasteiger partial charge in [0, 0.05) is 12.8 Å². The second-order valence-electron chi connectivity index (χ2n) is 6.97. The Morgan fingerprint density at radius 1 is 1.04 bits per heavy atom. The van der Waals surface area contributed by atoms with Crippen LogP contribution >= 0.6 is 0 Å². The maximum atomic E-state index is 12.7. The molecule has 2 aromatic rings. The highest BCUT2D eigenvalue weighted by Gasteiger charge is 2.28. The summed E-state index contributed by atoms with van der Waals surface area (Å²) in [5.74, 6) is -1.31. The first-order valence-corrected chi connectivity index (χ1v) is 8.61. The van der Waals surface area contributed by atoms with Crippen LogP contribution in [0.15, 0.2) is 48.5 Å². The van der Waals surface area contributed by atoms with E-state index in [4.69, 9.17) is 9.47 Å². The average molecular weight is 371 g/mol. The molecule has 2 N–H and O–H groups in total. The van der Waals surface area contributed by atoms with Gasteiger partial charge < -0.3 is 19.9 Å². The molecule has 0 aliphatic carbocycles. The van der Waals surface area contributed by atoms with E-state index in [-0.39, 0.29) is 24.7 Å². The average Bonchev–Trinajstić information content (AvgIpc) is 2.62. The van der Waals surface area contributed by atoms with E-state index in [0.717, 1.165) is 5.56 Å². The zero-order valence-electron chi connectivity index (χ0n) is 15.8. The van der Waals surface area contributed by atoms with Crippen LogP contribution in [0.25, 0.3) is 0 Å². The molecule has 0 fully saturated rings. The van der Waals surface area contributed by atoms with Crippen LogP contribution in [0.4, 0.5) is 5.69 Å². The highest BCUT2D eigenvalue weighted by Crippen LogP contribution is 2.22. The molecule has 2 aromatic carbocycles. The van der Waals surface area contributed by atoms with Crippen molar-refractivity contribution in [2.45, 2.75) is 27.1 Å². The van der Waals surface area contributed by atoms with Gasteiger partial charge in [0.05, 0.1) is 30.8 Å². The number of rotatable bonds is 9. The van der Waals surface area contributed by atoms with E-state index in [9.17, 15) is 14.7 Å². The predicted octanol–water partition coefficient (Wildman–Crippen LogP) is 3.71. The van der Waals surface area contributed by atoms with E-state index < -0.39 is 11.4 Å². The quantitative estimate of drug-likeness (QED) is 0.702. The maximum Gasteiger partial charge on any atom is 0.335 e. The van der Waals surface area contributed by atoms with Crippen molar-refractivity contribution in [3.63, 3.8) is 0 Å². The van der Waals surface area contributed by atoms with E-state index in [1.54, 1.807) is 19.9 Å². The Bertz CT molecular complexity index is 786. The smallest absolute Gasteiger partial charge is 0.335 e. The molecule has 6 nitrogen and oxygen atoms in total. The molecule has 144 valence electrons. The van der Waals surface area contributed by atoms with E-state index in [1.807, 2.05) is 30.3 Å². The Morgan fingerprint density at radius 2 is 1.74 bits per heavy atom. The summed E-state index contributed by atoms with van der Waals surface area (Å²) in [6.07, 6.45) is 0. The number of ether oxygens (including phenoxy) is 2. The predicted molar refractivity (Wildman–Crippen MR) is 103 cm³/mol. The van der Waals surface area contributed by atoms with Crippen molar-refractivity contribution in [2.75, 3.05) is 19.0 Å². The van der Waals surface area contributed by atoms with Crippen LogP contribution in [-0.2, 0) is 27.5 Å². The van der Waals surface area contributed by atoms with Gasteiger partial charge in [-0.05, 0) is 43.2 Å². The fraction of sp³-hybridized carbons (Fsp3) is 0.333. The number of carbonyl (C=O) groups is 2. The Balaban J connectivity index is 2.02. The van der Waals surface area contributed by atoms with Gasteiger partial charge in [0.15, 0.2) is 0 Å². The Labute approximate surface area is 159 Å². The number of aromatic carboxylic acids is 1. The monoisotopic (exact) mass is 371 g/mol. The number of nitrogens with one attached hydrogen (secondary N) is 1. The molecule has 0 saturated carbocycles. The lowest BCUT2D eigenvalue weighted by atomic mass is 9.93. The zero-order chi connectivity index (χ0) is 19.9. The van der Waals surface area contributed by atoms with Gasteiger partial charge in [-0.3, -0.25) is 4.79 Å². The molecular formula is C21H25NO5. The second kappa shape index (κ2) is 9.30. The van der Waals surface area contributed by atoms with E-state index in [1.165, 1.54) is 19.2 Å². The number of anilines is 1. The molecule has 0 unspecified atom stereocenters. The molecule has 0 aliphatic rings. The molecule has 0 radical (unpaired) electrons. The van der Waals surface area contributed by atoms with Crippen LogP contribution in [0.3, 0.4) is 0 Å². The summed E-state index contributed by atoms with van der Waals surface area (Å²) in [7, 11) is 1.53. The third kappa shape index (κ3) is 6.20. The van der Waals surface area contributed by atoms with Crippen molar-refractivity contribution < 1.29 is 24.2 Å². The molecular weight excluding hydrogens is 346 g/mol. The summed E-state index contributed by atoms with van der Waals surface area (Å²) in [6.45, 7) is 4.48. The van der Waals surface area contributed by atoms with Crippen LogP contribution in [0, 0.1) is 5.41 Å². The number of hydrogen-bond donors (Lipinski definition) is 2. The molecule has 0 bridgehead atoms. The molecule has 0 spiro atoms. The van der Waals surface area contributed by atoms with Crippen LogP contribution < -0.4 is 5.32 Å². The van der Waals surface area contributed by atoms with Gasteiger partial charge in [-0.2, -0.15) is 0 Å². The molecule has 2 rings (SSSR count). The number of amides is 1. The number of carbonyl (C=O) groups excluding carboxylic acids is 1. The van der Waals surface area contributed by atoms with Crippen LogP contribution in [-0.4, -0.2) is 30.7 Å². The van der Waals surface area contributed by atoms with Crippen molar-refractivity contribution in [2.24, 2.45) is 5.41 Å². The summed E-state index contributed by atoms with van der Waals surface area (Å²) < 4.78 is 10.8. The highest BCUT2D eigenvalue weighted by atomic mass is 16.5. The Kier molecular flexibility index (Phi) is 7.10. The minimum Gasteiger partial charge on any atom is -0.478 e. The van der Waals surface area contributed by atoms with Gasteiger partial charge in [0.2, 0.25) is 5.91 Å². The summed E-state index contributed by atoms with van der Waals surface area (Å²) in [5, 5.41) is 12.0. The summed E-state index contributed by atoms with van der Waals surface area (Å²) in [6, 6.07) is 14.4. The lowest BCUT2D eigenvalue weighted by molar-refractivity contribution is -0.127. The fourth-order valence-electron chi connectivity index (χ4n) is 2.50. The molecule has 6 heteroatoms. The van der Waals surface area contributed by atoms with Gasteiger partial charge in [-0.1, -0.05) is 30.3 Å². The van der Waals surface area contributed by atoms with Gasteiger partial charge in [-0.15, -0.1) is 0 Å². The Hall–Kier alpha value is -2.70. The molecule has 1 amide bonds. The minimum atomic E-state index is -1.06. The van der Waals surface area contributed by atoms with Crippen LogP contribution in [0.2, 0.25) is 0 Å². The molecule has 0 heterocycles. The third-order valence-electron chi connectivity index (χ3n) is 4.00. The first kappa shape index (κ1) is 20.6. The van der Waals surface area contributed by atoms with Crippen molar-refractivity contribution >= 4 is 17.6 Å². The topological polar surface area (TPSA) is 84.9 Å². The first-order valence-electron chi connectivity index (χ1n) is 8.61. The molecule has 0 saturated heterocycles. The maximum absolute atomic E-state index is 12.7. The van der Waals surface area contributed by atoms with E-state index in [0.29, 0.717) is 17.9 Å². The van der Waals surface area contributed by atoms with Crippen molar-refractivity contribution in [1.82, 2.24) is 0 Å². The largest absolute Gasteiger partial charge is 0.478 e. The molecule has 0 aliphatic heterocycles. The van der Waals surface area contributed by atoms with Gasteiger partial charge >= 0.3 is 5.97 Å². The number of methoxy groups -OCH3 is 1. The number of benzene rings is 2. The van der Waals surface area contributed by atoms with E-state index in [2.05, 4.69) is 5.32 Å². The minimum absolute atomic E-state index is 0.0954. The summed E-state index contributed by atoms with van der Waals surface area (Å²) >= 11 is 0. The molecule has 27 heavy (non-hydrogen) atoms. The fourth-order valence-corrected chi connectivity index (χ4v) is 2.50.